The minimum atomic E-state index is -4.73. The van der Waals surface area contributed by atoms with Crippen LogP contribution >= 0.6 is 0 Å². The zero-order valence-electron chi connectivity index (χ0n) is 13.6. The van der Waals surface area contributed by atoms with Crippen molar-refractivity contribution >= 4 is 11.7 Å². The SMILES string of the molecule is Cc1oc(C(F)(F)F)nc1-c1ccc(NC(=O)c2c(F)cccc2F)nc1. The normalized spacial score (nSPS) is 11.5. The van der Waals surface area contributed by atoms with Crippen molar-refractivity contribution in [3.05, 3.63) is 65.4 Å². The van der Waals surface area contributed by atoms with Gasteiger partial charge in [0, 0.05) is 11.8 Å². The second-order valence-electron chi connectivity index (χ2n) is 5.40. The van der Waals surface area contributed by atoms with Crippen molar-refractivity contribution in [2.45, 2.75) is 13.1 Å². The van der Waals surface area contributed by atoms with Crippen LogP contribution in [0, 0.1) is 18.6 Å². The number of alkyl halides is 3. The summed E-state index contributed by atoms with van der Waals surface area (Å²) in [5.74, 6) is -4.63. The number of halogens is 5. The standard InChI is InChI=1S/C17H10F5N3O2/c1-8-14(25-16(27-8)17(20,21)22)9-5-6-12(23-7-9)24-15(26)13-10(18)3-2-4-11(13)19/h2-7H,1H3,(H,23,24,26). The largest absolute Gasteiger partial charge is 0.468 e. The number of nitrogens with zero attached hydrogens (tertiary/aromatic N) is 2. The average Bonchev–Trinajstić information content (AvgIpc) is 2.97. The highest BCUT2D eigenvalue weighted by Crippen LogP contribution is 2.33. The molecule has 0 radical (unpaired) electrons. The summed E-state index contributed by atoms with van der Waals surface area (Å²) < 4.78 is 69.7. The van der Waals surface area contributed by atoms with Crippen LogP contribution in [0.25, 0.3) is 11.3 Å². The maximum absolute atomic E-state index is 13.6. The Kier molecular flexibility index (Phi) is 4.64. The number of carbonyl (C=O) groups excluding carboxylic acids is 1. The molecule has 0 aliphatic heterocycles. The summed E-state index contributed by atoms with van der Waals surface area (Å²) in [5, 5.41) is 2.21. The van der Waals surface area contributed by atoms with Gasteiger partial charge in [0.2, 0.25) is 0 Å². The lowest BCUT2D eigenvalue weighted by atomic mass is 10.1. The van der Waals surface area contributed by atoms with E-state index in [1.165, 1.54) is 19.1 Å². The summed E-state index contributed by atoms with van der Waals surface area (Å²) in [6.45, 7) is 1.31. The van der Waals surface area contributed by atoms with E-state index in [1.54, 1.807) is 0 Å². The van der Waals surface area contributed by atoms with Crippen LogP contribution in [0.5, 0.6) is 0 Å². The second kappa shape index (κ2) is 6.78. The first-order valence-corrected chi connectivity index (χ1v) is 7.43. The number of rotatable bonds is 3. The summed E-state index contributed by atoms with van der Waals surface area (Å²) in [7, 11) is 0. The highest BCUT2D eigenvalue weighted by atomic mass is 19.4. The number of amides is 1. The minimum Gasteiger partial charge on any atom is -0.438 e. The Morgan fingerprint density at radius 3 is 2.30 bits per heavy atom. The fourth-order valence-corrected chi connectivity index (χ4v) is 2.29. The smallest absolute Gasteiger partial charge is 0.438 e. The molecule has 0 saturated heterocycles. The fourth-order valence-electron chi connectivity index (χ4n) is 2.29. The first kappa shape index (κ1) is 18.5. The van der Waals surface area contributed by atoms with Gasteiger partial charge in [0.05, 0.1) is 0 Å². The van der Waals surface area contributed by atoms with Gasteiger partial charge in [-0.25, -0.2) is 18.7 Å². The van der Waals surface area contributed by atoms with Crippen LogP contribution in [0.1, 0.15) is 22.0 Å². The first-order valence-electron chi connectivity index (χ1n) is 7.43. The number of nitrogens with one attached hydrogen (secondary N) is 1. The van der Waals surface area contributed by atoms with Crippen molar-refractivity contribution in [3.8, 4) is 11.3 Å². The molecule has 0 saturated carbocycles. The van der Waals surface area contributed by atoms with Crippen LogP contribution in [0.2, 0.25) is 0 Å². The van der Waals surface area contributed by atoms with E-state index in [0.717, 1.165) is 24.4 Å². The van der Waals surface area contributed by atoms with E-state index in [9.17, 15) is 26.7 Å². The van der Waals surface area contributed by atoms with E-state index < -0.39 is 35.2 Å². The molecule has 2 aromatic heterocycles. The van der Waals surface area contributed by atoms with Gasteiger partial charge in [-0.3, -0.25) is 4.79 Å². The Hall–Kier alpha value is -3.30. The van der Waals surface area contributed by atoms with Gasteiger partial charge in [-0.05, 0) is 31.2 Å². The molecule has 1 amide bonds. The molecule has 0 bridgehead atoms. The lowest BCUT2D eigenvalue weighted by Gasteiger charge is -2.07. The maximum atomic E-state index is 13.6. The number of aryl methyl sites for hydroxylation is 1. The zero-order chi connectivity index (χ0) is 19.8. The van der Waals surface area contributed by atoms with E-state index in [0.29, 0.717) is 0 Å². The molecule has 140 valence electrons. The van der Waals surface area contributed by atoms with E-state index in [2.05, 4.69) is 19.7 Å². The molecule has 0 fully saturated rings. The molecule has 5 nitrogen and oxygen atoms in total. The molecule has 3 rings (SSSR count). The highest BCUT2D eigenvalue weighted by Gasteiger charge is 2.38. The van der Waals surface area contributed by atoms with Crippen LogP contribution in [0.3, 0.4) is 0 Å². The number of pyridine rings is 1. The first-order chi connectivity index (χ1) is 12.7. The van der Waals surface area contributed by atoms with Crippen molar-refractivity contribution in [2.24, 2.45) is 0 Å². The summed E-state index contributed by atoms with van der Waals surface area (Å²) in [5.41, 5.74) is -0.625. The van der Waals surface area contributed by atoms with Crippen LogP contribution in [0.4, 0.5) is 27.8 Å². The van der Waals surface area contributed by atoms with Gasteiger partial charge in [0.25, 0.3) is 5.91 Å². The van der Waals surface area contributed by atoms with Gasteiger partial charge in [-0.2, -0.15) is 13.2 Å². The number of anilines is 1. The van der Waals surface area contributed by atoms with E-state index in [1.807, 2.05) is 0 Å². The van der Waals surface area contributed by atoms with Gasteiger partial charge >= 0.3 is 12.1 Å². The second-order valence-corrected chi connectivity index (χ2v) is 5.40. The molecule has 3 aromatic rings. The molecule has 2 heterocycles. The maximum Gasteiger partial charge on any atom is 0.468 e. The number of hydrogen-bond acceptors (Lipinski definition) is 4. The zero-order valence-corrected chi connectivity index (χ0v) is 13.6. The number of hydrogen-bond donors (Lipinski definition) is 1. The average molecular weight is 383 g/mol. The Bertz CT molecular complexity index is 977. The molecule has 0 atom stereocenters. The molecular formula is C17H10F5N3O2. The summed E-state index contributed by atoms with van der Waals surface area (Å²) >= 11 is 0. The molecular weight excluding hydrogens is 373 g/mol. The van der Waals surface area contributed by atoms with Crippen molar-refractivity contribution in [1.29, 1.82) is 0 Å². The molecule has 0 aliphatic rings. The third kappa shape index (κ3) is 3.78. The Labute approximate surface area is 148 Å². The van der Waals surface area contributed by atoms with Crippen molar-refractivity contribution in [3.63, 3.8) is 0 Å². The fraction of sp³-hybridized carbons (Fsp3) is 0.118. The van der Waals surface area contributed by atoms with Crippen LogP contribution in [0.15, 0.2) is 40.9 Å². The molecule has 27 heavy (non-hydrogen) atoms. The van der Waals surface area contributed by atoms with Gasteiger partial charge in [-0.15, -0.1) is 0 Å². The van der Waals surface area contributed by atoms with Gasteiger partial charge in [0.1, 0.15) is 34.5 Å². The summed E-state index contributed by atoms with van der Waals surface area (Å²) in [6.07, 6.45) is -3.58. The Balaban J connectivity index is 1.82. The van der Waals surface area contributed by atoms with E-state index in [4.69, 9.17) is 0 Å². The molecule has 1 N–H and O–H groups in total. The lowest BCUT2D eigenvalue weighted by Crippen LogP contribution is -2.16. The Morgan fingerprint density at radius 2 is 1.78 bits per heavy atom. The summed E-state index contributed by atoms with van der Waals surface area (Å²) in [6, 6.07) is 5.57. The van der Waals surface area contributed by atoms with Gasteiger partial charge < -0.3 is 9.73 Å². The topological polar surface area (TPSA) is 68.0 Å². The molecule has 10 heteroatoms. The predicted molar refractivity (Wildman–Crippen MR) is 83.8 cm³/mol. The number of carbonyl (C=O) groups is 1. The molecule has 0 spiro atoms. The van der Waals surface area contributed by atoms with Gasteiger partial charge in [-0.1, -0.05) is 6.07 Å². The van der Waals surface area contributed by atoms with Crippen LogP contribution in [-0.2, 0) is 6.18 Å². The van der Waals surface area contributed by atoms with Crippen molar-refractivity contribution in [2.75, 3.05) is 5.32 Å². The molecule has 0 unspecified atom stereocenters. The Morgan fingerprint density at radius 1 is 1.11 bits per heavy atom. The third-order valence-electron chi connectivity index (χ3n) is 3.51. The molecule has 1 aromatic carbocycles. The van der Waals surface area contributed by atoms with E-state index >= 15 is 0 Å². The minimum absolute atomic E-state index is 0.0522. The summed E-state index contributed by atoms with van der Waals surface area (Å²) in [4.78, 5) is 19.2. The third-order valence-corrected chi connectivity index (χ3v) is 3.51. The molecule has 0 aliphatic carbocycles. The number of benzene rings is 1. The van der Waals surface area contributed by atoms with Crippen molar-refractivity contribution in [1.82, 2.24) is 9.97 Å². The van der Waals surface area contributed by atoms with Gasteiger partial charge in [0.15, 0.2) is 0 Å². The van der Waals surface area contributed by atoms with Crippen LogP contribution in [-0.4, -0.2) is 15.9 Å². The lowest BCUT2D eigenvalue weighted by molar-refractivity contribution is -0.157. The van der Waals surface area contributed by atoms with Crippen LogP contribution < -0.4 is 5.32 Å². The number of aromatic nitrogens is 2. The predicted octanol–water partition coefficient (Wildman–Crippen LogP) is 4.59. The van der Waals surface area contributed by atoms with E-state index in [-0.39, 0.29) is 22.8 Å². The number of oxazole rings is 1. The quantitative estimate of drug-likeness (QED) is 0.672. The van der Waals surface area contributed by atoms with Crippen molar-refractivity contribution < 1.29 is 31.2 Å². The highest BCUT2D eigenvalue weighted by molar-refractivity contribution is 6.04. The monoisotopic (exact) mass is 383 g/mol.